The van der Waals surface area contributed by atoms with Gasteiger partial charge in [-0.05, 0) is 36.4 Å². The van der Waals surface area contributed by atoms with Crippen molar-refractivity contribution in [3.05, 3.63) is 52.7 Å². The fraction of sp³-hybridized carbons (Fsp3) is 0.368. The second kappa shape index (κ2) is 9.47. The van der Waals surface area contributed by atoms with Crippen molar-refractivity contribution >= 4 is 29.0 Å². The minimum absolute atomic E-state index is 0.191. The van der Waals surface area contributed by atoms with Crippen LogP contribution >= 0.6 is 11.3 Å². The molecule has 1 aliphatic rings. The van der Waals surface area contributed by atoms with Gasteiger partial charge < -0.3 is 15.0 Å². The zero-order valence-electron chi connectivity index (χ0n) is 14.6. The van der Waals surface area contributed by atoms with Gasteiger partial charge in [0.2, 0.25) is 0 Å². The molecule has 26 heavy (non-hydrogen) atoms. The van der Waals surface area contributed by atoms with Crippen molar-refractivity contribution < 1.29 is 19.2 Å². The molecule has 0 aliphatic carbocycles. The van der Waals surface area contributed by atoms with Crippen LogP contribution in [0.15, 0.2) is 47.8 Å². The molecule has 2 aromatic rings. The molecule has 0 saturated carbocycles. The fourth-order valence-electron chi connectivity index (χ4n) is 3.08. The lowest BCUT2D eigenvalue weighted by molar-refractivity contribution is -0.908. The summed E-state index contributed by atoms with van der Waals surface area (Å²) in [7, 11) is 0. The van der Waals surface area contributed by atoms with Gasteiger partial charge in [-0.1, -0.05) is 24.3 Å². The lowest BCUT2D eigenvalue weighted by Gasteiger charge is -2.21. The maximum absolute atomic E-state index is 12.3. The number of benzene rings is 1. The number of hydrogen-bond acceptors (Lipinski definition) is 4. The first-order chi connectivity index (χ1) is 12.7. The van der Waals surface area contributed by atoms with Crippen LogP contribution in [0.3, 0.4) is 0 Å². The lowest BCUT2D eigenvalue weighted by Crippen LogP contribution is -3.13. The largest absolute Gasteiger partial charge is 0.372 e. The standard InChI is InChI=1S/C19H23N3O3S/c23-18(21-19(24)20-15-6-2-1-3-7-15)14-22(12-16-8-4-10-25-16)13-17-9-5-11-26-17/h1-3,5-7,9,11,16H,4,8,10,12-14H2,(H2,20,21,23,24)/p+1/t16-/m0/s1. The highest BCUT2D eigenvalue weighted by molar-refractivity contribution is 7.09. The Morgan fingerprint density at radius 1 is 1.19 bits per heavy atom. The summed E-state index contributed by atoms with van der Waals surface area (Å²) in [4.78, 5) is 26.6. The number of rotatable bonds is 7. The first-order valence-corrected chi connectivity index (χ1v) is 9.70. The minimum Gasteiger partial charge on any atom is -0.372 e. The van der Waals surface area contributed by atoms with Crippen molar-refractivity contribution in [2.75, 3.05) is 25.0 Å². The zero-order chi connectivity index (χ0) is 18.2. The second-order valence-corrected chi connectivity index (χ2v) is 7.42. The van der Waals surface area contributed by atoms with Gasteiger partial charge in [0.05, 0.1) is 4.88 Å². The highest BCUT2D eigenvalue weighted by Gasteiger charge is 2.24. The topological polar surface area (TPSA) is 71.9 Å². The van der Waals surface area contributed by atoms with Crippen LogP contribution in [0.25, 0.3) is 0 Å². The van der Waals surface area contributed by atoms with Crippen LogP contribution in [0, 0.1) is 0 Å². The number of thiophene rings is 1. The summed E-state index contributed by atoms with van der Waals surface area (Å²) >= 11 is 1.68. The van der Waals surface area contributed by atoms with Gasteiger partial charge in [-0.3, -0.25) is 10.1 Å². The van der Waals surface area contributed by atoms with E-state index in [9.17, 15) is 9.59 Å². The van der Waals surface area contributed by atoms with Gasteiger partial charge in [0, 0.05) is 12.3 Å². The number of ether oxygens (including phenoxy) is 1. The van der Waals surface area contributed by atoms with Crippen LogP contribution in [-0.2, 0) is 16.1 Å². The Morgan fingerprint density at radius 3 is 2.73 bits per heavy atom. The van der Waals surface area contributed by atoms with E-state index >= 15 is 0 Å². The molecule has 1 aromatic heterocycles. The molecule has 2 heterocycles. The van der Waals surface area contributed by atoms with E-state index in [4.69, 9.17) is 4.74 Å². The summed E-state index contributed by atoms with van der Waals surface area (Å²) in [6, 6.07) is 12.6. The molecule has 3 N–H and O–H groups in total. The van der Waals surface area contributed by atoms with Crippen molar-refractivity contribution in [1.29, 1.82) is 0 Å². The molecule has 1 aliphatic heterocycles. The Bertz CT molecular complexity index is 700. The van der Waals surface area contributed by atoms with Crippen molar-refractivity contribution in [2.24, 2.45) is 0 Å². The molecule has 2 atom stereocenters. The molecule has 0 bridgehead atoms. The maximum atomic E-state index is 12.3. The predicted molar refractivity (Wildman–Crippen MR) is 101 cm³/mol. The summed E-state index contributed by atoms with van der Waals surface area (Å²) in [5.41, 5.74) is 0.653. The van der Waals surface area contributed by atoms with Crippen LogP contribution in [0.1, 0.15) is 17.7 Å². The first-order valence-electron chi connectivity index (χ1n) is 8.82. The molecule has 3 amide bonds. The highest BCUT2D eigenvalue weighted by Crippen LogP contribution is 2.10. The first kappa shape index (κ1) is 18.6. The van der Waals surface area contributed by atoms with Gasteiger partial charge in [-0.15, -0.1) is 11.3 Å². The molecule has 7 heteroatoms. The molecule has 1 unspecified atom stereocenters. The molecule has 6 nitrogen and oxygen atoms in total. The molecule has 0 radical (unpaired) electrons. The van der Waals surface area contributed by atoms with Crippen molar-refractivity contribution in [3.63, 3.8) is 0 Å². The number of anilines is 1. The maximum Gasteiger partial charge on any atom is 0.326 e. The normalized spacial score (nSPS) is 17.6. The highest BCUT2D eigenvalue weighted by atomic mass is 32.1. The number of carbonyl (C=O) groups excluding carboxylic acids is 2. The van der Waals surface area contributed by atoms with Crippen molar-refractivity contribution in [2.45, 2.75) is 25.5 Å². The predicted octanol–water partition coefficient (Wildman–Crippen LogP) is 1.66. The van der Waals surface area contributed by atoms with E-state index in [0.717, 1.165) is 37.4 Å². The van der Waals surface area contributed by atoms with E-state index in [-0.39, 0.29) is 18.6 Å². The summed E-state index contributed by atoms with van der Waals surface area (Å²) in [6.45, 7) is 2.56. The fourth-order valence-corrected chi connectivity index (χ4v) is 3.85. The van der Waals surface area contributed by atoms with Crippen LogP contribution in [0.5, 0.6) is 0 Å². The summed E-state index contributed by atoms with van der Waals surface area (Å²) in [6.07, 6.45) is 2.29. The summed E-state index contributed by atoms with van der Waals surface area (Å²) < 4.78 is 5.72. The molecule has 1 fully saturated rings. The second-order valence-electron chi connectivity index (χ2n) is 6.39. The van der Waals surface area contributed by atoms with Gasteiger partial charge in [0.1, 0.15) is 19.2 Å². The van der Waals surface area contributed by atoms with E-state index < -0.39 is 6.03 Å². The quantitative estimate of drug-likeness (QED) is 0.690. The van der Waals surface area contributed by atoms with Crippen molar-refractivity contribution in [1.82, 2.24) is 5.32 Å². The van der Waals surface area contributed by atoms with Gasteiger partial charge in [0.15, 0.2) is 6.54 Å². The van der Waals surface area contributed by atoms with E-state index in [1.165, 1.54) is 4.88 Å². The molecular weight excluding hydrogens is 350 g/mol. The van der Waals surface area contributed by atoms with E-state index in [1.54, 1.807) is 23.5 Å². The average molecular weight is 374 g/mol. The number of imide groups is 1. The lowest BCUT2D eigenvalue weighted by atomic mass is 10.2. The van der Waals surface area contributed by atoms with Crippen LogP contribution in [-0.4, -0.2) is 37.7 Å². The summed E-state index contributed by atoms with van der Waals surface area (Å²) in [5, 5.41) is 7.11. The number of para-hydroxylation sites is 1. The molecule has 3 rings (SSSR count). The molecular formula is C19H24N3O3S+. The third-order valence-electron chi connectivity index (χ3n) is 4.24. The van der Waals surface area contributed by atoms with Gasteiger partial charge in [-0.25, -0.2) is 4.79 Å². The Labute approximate surface area is 157 Å². The SMILES string of the molecule is O=C(C[NH+](Cc1cccs1)C[C@@H]1CCCO1)NC(=O)Nc1ccccc1. The number of urea groups is 1. The van der Waals surface area contributed by atoms with Gasteiger partial charge >= 0.3 is 6.03 Å². The summed E-state index contributed by atoms with van der Waals surface area (Å²) in [5.74, 6) is -0.289. The Balaban J connectivity index is 1.52. The number of nitrogens with one attached hydrogen (secondary N) is 3. The molecule has 1 saturated heterocycles. The Hall–Kier alpha value is -2.22. The van der Waals surface area contributed by atoms with Gasteiger partial charge in [0.25, 0.3) is 5.91 Å². The van der Waals surface area contributed by atoms with E-state index in [1.807, 2.05) is 29.6 Å². The van der Waals surface area contributed by atoms with E-state index in [0.29, 0.717) is 5.69 Å². The molecule has 0 spiro atoms. The van der Waals surface area contributed by atoms with Crippen molar-refractivity contribution in [3.8, 4) is 0 Å². The van der Waals surface area contributed by atoms with E-state index in [2.05, 4.69) is 16.7 Å². The van der Waals surface area contributed by atoms with Crippen LogP contribution in [0.4, 0.5) is 10.5 Å². The monoisotopic (exact) mass is 374 g/mol. The average Bonchev–Trinajstić information content (AvgIpc) is 3.29. The van der Waals surface area contributed by atoms with Crippen LogP contribution < -0.4 is 15.5 Å². The number of hydrogen-bond donors (Lipinski definition) is 3. The minimum atomic E-state index is -0.506. The molecule has 138 valence electrons. The van der Waals surface area contributed by atoms with Crippen LogP contribution in [0.2, 0.25) is 0 Å². The smallest absolute Gasteiger partial charge is 0.326 e. The number of amides is 3. The third kappa shape index (κ3) is 5.94. The zero-order valence-corrected chi connectivity index (χ0v) is 15.4. The molecule has 1 aromatic carbocycles. The Morgan fingerprint density at radius 2 is 2.04 bits per heavy atom. The van der Waals surface area contributed by atoms with Gasteiger partial charge in [-0.2, -0.15) is 0 Å². The number of carbonyl (C=O) groups is 2. The third-order valence-corrected chi connectivity index (χ3v) is 5.12. The number of quaternary nitrogens is 1. The Kier molecular flexibility index (Phi) is 6.76.